The quantitative estimate of drug-likeness (QED) is 0.685. The Balaban J connectivity index is 1.77. The minimum atomic E-state index is -0.800. The summed E-state index contributed by atoms with van der Waals surface area (Å²) in [6.45, 7) is 0.164. The lowest BCUT2D eigenvalue weighted by atomic mass is 10.0. The number of nitrogens with zero attached hydrogens (tertiary/aromatic N) is 1. The van der Waals surface area contributed by atoms with Gasteiger partial charge in [0.2, 0.25) is 5.91 Å². The van der Waals surface area contributed by atoms with Gasteiger partial charge >= 0.3 is 0 Å². The molecule has 0 heterocycles. The van der Waals surface area contributed by atoms with Crippen LogP contribution in [0.2, 0.25) is 0 Å². The molecule has 0 saturated heterocycles. The summed E-state index contributed by atoms with van der Waals surface area (Å²) >= 11 is 0. The molecule has 0 aromatic heterocycles. The molecule has 2 aromatic rings. The normalized spacial score (nSPS) is 11.7. The third kappa shape index (κ3) is 6.18. The molecule has 5 nitrogen and oxygen atoms in total. The number of aliphatic hydroxyl groups excluding tert-OH is 1. The standard InChI is InChI=1S/C21H24FNO4/c1-23(14-20(25)16-8-12-18(27-2)13-9-16)21(26)5-3-4-19(24)15-6-10-17(22)11-7-15/h6-13,20,25H,3-5,14H2,1-2H3. The van der Waals surface area contributed by atoms with Gasteiger partial charge in [0, 0.05) is 25.5 Å². The first-order valence-corrected chi connectivity index (χ1v) is 8.75. The van der Waals surface area contributed by atoms with Gasteiger partial charge in [-0.25, -0.2) is 4.39 Å². The molecule has 1 atom stereocenters. The first-order chi connectivity index (χ1) is 12.9. The maximum absolute atomic E-state index is 12.9. The van der Waals surface area contributed by atoms with Gasteiger partial charge in [-0.05, 0) is 48.4 Å². The van der Waals surface area contributed by atoms with Gasteiger partial charge in [0.05, 0.1) is 19.8 Å². The Kier molecular flexibility index (Phi) is 7.49. The first-order valence-electron chi connectivity index (χ1n) is 8.75. The maximum Gasteiger partial charge on any atom is 0.222 e. The van der Waals surface area contributed by atoms with E-state index in [1.165, 1.54) is 29.2 Å². The molecule has 0 bridgehead atoms. The summed E-state index contributed by atoms with van der Waals surface area (Å²) in [5.74, 6) is 0.0400. The maximum atomic E-state index is 12.9. The molecule has 0 aliphatic carbocycles. The SMILES string of the molecule is COc1ccc(C(O)CN(C)C(=O)CCCC(=O)c2ccc(F)cc2)cc1. The molecule has 6 heteroatoms. The minimum Gasteiger partial charge on any atom is -0.497 e. The minimum absolute atomic E-state index is 0.122. The second-order valence-electron chi connectivity index (χ2n) is 6.35. The summed E-state index contributed by atoms with van der Waals surface area (Å²) in [7, 11) is 3.19. The number of ether oxygens (including phenoxy) is 1. The number of rotatable bonds is 9. The van der Waals surface area contributed by atoms with Crippen LogP contribution in [0.5, 0.6) is 5.75 Å². The zero-order valence-electron chi connectivity index (χ0n) is 15.5. The van der Waals surface area contributed by atoms with Crippen molar-refractivity contribution in [3.8, 4) is 5.75 Å². The molecule has 1 N–H and O–H groups in total. The molecule has 0 aliphatic rings. The van der Waals surface area contributed by atoms with E-state index >= 15 is 0 Å². The van der Waals surface area contributed by atoms with Gasteiger partial charge in [0.15, 0.2) is 5.78 Å². The van der Waals surface area contributed by atoms with Crippen LogP contribution in [0.25, 0.3) is 0 Å². The van der Waals surface area contributed by atoms with E-state index in [4.69, 9.17) is 4.74 Å². The molecule has 2 aromatic carbocycles. The Labute approximate surface area is 158 Å². The average Bonchev–Trinajstić information content (AvgIpc) is 2.68. The predicted octanol–water partition coefficient (Wildman–Crippen LogP) is 3.38. The van der Waals surface area contributed by atoms with Crippen LogP contribution in [0, 0.1) is 5.82 Å². The van der Waals surface area contributed by atoms with Gasteiger partial charge in [-0.2, -0.15) is 0 Å². The summed E-state index contributed by atoms with van der Waals surface area (Å²) in [5.41, 5.74) is 1.13. The number of ketones is 1. The largest absolute Gasteiger partial charge is 0.497 e. The summed E-state index contributed by atoms with van der Waals surface area (Å²) in [5, 5.41) is 10.3. The number of carbonyl (C=O) groups is 2. The predicted molar refractivity (Wildman–Crippen MR) is 100 cm³/mol. The highest BCUT2D eigenvalue weighted by Crippen LogP contribution is 2.18. The number of benzene rings is 2. The summed E-state index contributed by atoms with van der Waals surface area (Å²) < 4.78 is 18.0. The molecule has 1 amide bonds. The molecule has 27 heavy (non-hydrogen) atoms. The molecule has 0 spiro atoms. The van der Waals surface area contributed by atoms with Crippen molar-refractivity contribution in [2.45, 2.75) is 25.4 Å². The van der Waals surface area contributed by atoms with Crippen molar-refractivity contribution in [1.82, 2.24) is 4.90 Å². The van der Waals surface area contributed by atoms with Gasteiger partial charge < -0.3 is 14.7 Å². The molecule has 144 valence electrons. The molecule has 0 radical (unpaired) electrons. The third-order valence-electron chi connectivity index (χ3n) is 4.33. The van der Waals surface area contributed by atoms with Gasteiger partial charge in [0.25, 0.3) is 0 Å². The second-order valence-corrected chi connectivity index (χ2v) is 6.35. The third-order valence-corrected chi connectivity index (χ3v) is 4.33. The zero-order valence-corrected chi connectivity index (χ0v) is 15.5. The van der Waals surface area contributed by atoms with Crippen LogP contribution in [0.3, 0.4) is 0 Å². The van der Waals surface area contributed by atoms with E-state index in [0.717, 1.165) is 0 Å². The monoisotopic (exact) mass is 373 g/mol. The highest BCUT2D eigenvalue weighted by atomic mass is 19.1. The summed E-state index contributed by atoms with van der Waals surface area (Å²) in [6, 6.07) is 12.4. The number of carbonyl (C=O) groups excluding carboxylic acids is 2. The molecule has 1 unspecified atom stereocenters. The Hall–Kier alpha value is -2.73. The molecular formula is C21H24FNO4. The van der Waals surface area contributed by atoms with Crippen molar-refractivity contribution in [1.29, 1.82) is 0 Å². The van der Waals surface area contributed by atoms with Crippen LogP contribution in [-0.2, 0) is 4.79 Å². The summed E-state index contributed by atoms with van der Waals surface area (Å²) in [6.07, 6.45) is 0.0222. The van der Waals surface area contributed by atoms with Crippen molar-refractivity contribution >= 4 is 11.7 Å². The van der Waals surface area contributed by atoms with E-state index in [1.807, 2.05) is 0 Å². The van der Waals surface area contributed by atoms with E-state index < -0.39 is 11.9 Å². The lowest BCUT2D eigenvalue weighted by Gasteiger charge is -2.21. The molecule has 0 fully saturated rings. The van der Waals surface area contributed by atoms with Crippen molar-refractivity contribution in [3.63, 3.8) is 0 Å². The molecule has 0 aliphatic heterocycles. The lowest BCUT2D eigenvalue weighted by molar-refractivity contribution is -0.131. The van der Waals surface area contributed by atoms with Crippen LogP contribution < -0.4 is 4.74 Å². The number of amides is 1. The fraction of sp³-hybridized carbons (Fsp3) is 0.333. The number of methoxy groups -OCH3 is 1. The second kappa shape index (κ2) is 9.83. The number of aliphatic hydroxyl groups is 1. The lowest BCUT2D eigenvalue weighted by Crippen LogP contribution is -2.31. The first kappa shape index (κ1) is 20.6. The topological polar surface area (TPSA) is 66.8 Å². The average molecular weight is 373 g/mol. The Bertz CT molecular complexity index is 759. The molecular weight excluding hydrogens is 349 g/mol. The smallest absolute Gasteiger partial charge is 0.222 e. The van der Waals surface area contributed by atoms with Crippen molar-refractivity contribution < 1.29 is 23.8 Å². The van der Waals surface area contributed by atoms with E-state index in [0.29, 0.717) is 23.3 Å². The fourth-order valence-electron chi connectivity index (χ4n) is 2.66. The van der Waals surface area contributed by atoms with Crippen molar-refractivity contribution in [3.05, 3.63) is 65.5 Å². The van der Waals surface area contributed by atoms with Crippen LogP contribution in [0.4, 0.5) is 4.39 Å². The Morgan fingerprint density at radius 1 is 1.07 bits per heavy atom. The van der Waals surface area contributed by atoms with Crippen LogP contribution in [-0.4, -0.2) is 42.4 Å². The van der Waals surface area contributed by atoms with Crippen molar-refractivity contribution in [2.24, 2.45) is 0 Å². The van der Waals surface area contributed by atoms with Crippen LogP contribution in [0.15, 0.2) is 48.5 Å². The van der Waals surface area contributed by atoms with Gasteiger partial charge in [-0.3, -0.25) is 9.59 Å². The van der Waals surface area contributed by atoms with E-state index in [1.54, 1.807) is 38.4 Å². The number of halogens is 1. The Morgan fingerprint density at radius 3 is 2.30 bits per heavy atom. The summed E-state index contributed by atoms with van der Waals surface area (Å²) in [4.78, 5) is 25.7. The zero-order chi connectivity index (χ0) is 19.8. The van der Waals surface area contributed by atoms with Gasteiger partial charge in [-0.1, -0.05) is 12.1 Å². The molecule has 2 rings (SSSR count). The van der Waals surface area contributed by atoms with Crippen LogP contribution in [0.1, 0.15) is 41.3 Å². The van der Waals surface area contributed by atoms with E-state index in [9.17, 15) is 19.1 Å². The highest BCUT2D eigenvalue weighted by molar-refractivity contribution is 5.96. The van der Waals surface area contributed by atoms with E-state index in [-0.39, 0.29) is 31.1 Å². The number of hydrogen-bond acceptors (Lipinski definition) is 4. The Morgan fingerprint density at radius 2 is 1.70 bits per heavy atom. The van der Waals surface area contributed by atoms with Gasteiger partial charge in [0.1, 0.15) is 11.6 Å². The van der Waals surface area contributed by atoms with Gasteiger partial charge in [-0.15, -0.1) is 0 Å². The highest BCUT2D eigenvalue weighted by Gasteiger charge is 2.16. The molecule has 0 saturated carbocycles. The fourth-order valence-corrected chi connectivity index (χ4v) is 2.66. The van der Waals surface area contributed by atoms with Crippen LogP contribution >= 0.6 is 0 Å². The van der Waals surface area contributed by atoms with E-state index in [2.05, 4.69) is 0 Å². The number of Topliss-reactive ketones (excluding diaryl/α,β-unsaturated/α-hetero) is 1. The number of likely N-dealkylation sites (N-methyl/N-ethyl adjacent to an activating group) is 1. The number of hydrogen-bond donors (Lipinski definition) is 1. The van der Waals surface area contributed by atoms with Crippen molar-refractivity contribution in [2.75, 3.05) is 20.7 Å².